The van der Waals surface area contributed by atoms with Crippen molar-refractivity contribution in [2.24, 2.45) is 0 Å². The van der Waals surface area contributed by atoms with Crippen LogP contribution in [0.1, 0.15) is 0 Å². The molecule has 0 spiro atoms. The average molecular weight is 212 g/mol. The third-order valence-corrected chi connectivity index (χ3v) is 1.93. The molecule has 0 saturated heterocycles. The Morgan fingerprint density at radius 3 is 2.92 bits per heavy atom. The molecule has 0 aliphatic rings. The maximum absolute atomic E-state index is 10.8. The second-order valence-corrected chi connectivity index (χ2v) is 2.91. The van der Waals surface area contributed by atoms with E-state index in [0.29, 0.717) is 11.6 Å². The number of amidine groups is 1. The van der Waals surface area contributed by atoms with Gasteiger partial charge in [0, 0.05) is 11.6 Å². The number of rotatable bonds is 3. The summed E-state index contributed by atoms with van der Waals surface area (Å²) in [5.41, 5.74) is 0. The van der Waals surface area contributed by atoms with Crippen molar-refractivity contribution in [3.8, 4) is 0 Å². The van der Waals surface area contributed by atoms with Crippen LogP contribution in [0.15, 0.2) is 0 Å². The first-order valence-corrected chi connectivity index (χ1v) is 4.60. The molecule has 0 saturated carbocycles. The lowest BCUT2D eigenvalue weighted by Gasteiger charge is -2.04. The average Bonchev–Trinajstić information content (AvgIpc) is 2.05. The summed E-state index contributed by atoms with van der Waals surface area (Å²) in [7, 11) is 1.30. The molecule has 70 valence electrons. The van der Waals surface area contributed by atoms with Crippen molar-refractivity contribution in [3.63, 3.8) is 0 Å². The van der Waals surface area contributed by atoms with Crippen LogP contribution in [0.5, 0.6) is 0 Å². The van der Waals surface area contributed by atoms with Crippen molar-refractivity contribution in [2.75, 3.05) is 18.7 Å². The summed E-state index contributed by atoms with van der Waals surface area (Å²) in [5, 5.41) is 9.05. The summed E-state index contributed by atoms with van der Waals surface area (Å²) in [4.78, 5) is 10.8. The molecule has 12 heavy (non-hydrogen) atoms. The van der Waals surface area contributed by atoms with E-state index in [2.05, 4.69) is 14.8 Å². The quantitative estimate of drug-likeness (QED) is 0.212. The molecule has 0 bridgehead atoms. The highest BCUT2D eigenvalue weighted by Gasteiger charge is 2.01. The van der Waals surface area contributed by atoms with Gasteiger partial charge in [-0.05, 0) is 11.9 Å². The number of hydrogen-bond acceptors (Lipinski definition) is 4. The summed E-state index contributed by atoms with van der Waals surface area (Å²) in [6, 6.07) is -0.782. The van der Waals surface area contributed by atoms with Gasteiger partial charge in [0.05, 0.1) is 7.11 Å². The van der Waals surface area contributed by atoms with Crippen molar-refractivity contribution in [2.45, 2.75) is 0 Å². The van der Waals surface area contributed by atoms with Crippen LogP contribution in [0.4, 0.5) is 4.79 Å². The van der Waals surface area contributed by atoms with Crippen LogP contribution in [0, 0.1) is 5.41 Å². The van der Waals surface area contributed by atoms with E-state index in [9.17, 15) is 4.79 Å². The van der Waals surface area contributed by atoms with Crippen LogP contribution >= 0.6 is 23.5 Å². The standard InChI is InChI=1S/C5H10ClN3O2S/c1-11-4(7)8-5(10)9-12-3-2-6/h2-3H2,1H3,(H3,7,8,9,10). The molecule has 0 fully saturated rings. The molecule has 0 radical (unpaired) electrons. The van der Waals surface area contributed by atoms with Crippen LogP contribution < -0.4 is 10.0 Å². The van der Waals surface area contributed by atoms with Crippen molar-refractivity contribution >= 4 is 35.6 Å². The molecule has 0 aromatic carbocycles. The second-order valence-electron chi connectivity index (χ2n) is 1.63. The number of alkyl halides is 1. The van der Waals surface area contributed by atoms with Gasteiger partial charge in [0.2, 0.25) is 0 Å². The number of nitrogens with one attached hydrogen (secondary N) is 3. The van der Waals surface area contributed by atoms with E-state index in [1.807, 2.05) is 0 Å². The zero-order valence-corrected chi connectivity index (χ0v) is 8.09. The largest absolute Gasteiger partial charge is 0.468 e. The molecule has 0 atom stereocenters. The summed E-state index contributed by atoms with van der Waals surface area (Å²) in [5.74, 6) is 1.09. The first-order chi connectivity index (χ1) is 5.70. The van der Waals surface area contributed by atoms with Crippen LogP contribution in [0.3, 0.4) is 0 Å². The molecule has 0 aliphatic carbocycles. The molecule has 7 heteroatoms. The van der Waals surface area contributed by atoms with E-state index in [-0.39, 0.29) is 6.02 Å². The Labute approximate surface area is 79.8 Å². The maximum Gasteiger partial charge on any atom is 0.332 e. The van der Waals surface area contributed by atoms with Gasteiger partial charge in [-0.3, -0.25) is 15.4 Å². The third-order valence-electron chi connectivity index (χ3n) is 0.775. The number of urea groups is 1. The smallest absolute Gasteiger partial charge is 0.332 e. The number of methoxy groups -OCH3 is 1. The van der Waals surface area contributed by atoms with Crippen molar-refractivity contribution < 1.29 is 9.53 Å². The normalized spacial score (nSPS) is 8.83. The summed E-state index contributed by atoms with van der Waals surface area (Å²) < 4.78 is 6.81. The van der Waals surface area contributed by atoms with Gasteiger partial charge in [-0.2, -0.15) is 0 Å². The number of amides is 2. The zero-order chi connectivity index (χ0) is 9.40. The van der Waals surface area contributed by atoms with Gasteiger partial charge in [0.15, 0.2) is 0 Å². The third kappa shape index (κ3) is 6.11. The van der Waals surface area contributed by atoms with Crippen LogP contribution in [-0.4, -0.2) is 30.8 Å². The van der Waals surface area contributed by atoms with Gasteiger partial charge in [0.1, 0.15) is 0 Å². The topological polar surface area (TPSA) is 74.2 Å². The molecule has 5 nitrogen and oxygen atoms in total. The molecule has 0 aliphatic heterocycles. The minimum absolute atomic E-state index is 0.293. The van der Waals surface area contributed by atoms with E-state index < -0.39 is 6.03 Å². The Morgan fingerprint density at radius 2 is 2.42 bits per heavy atom. The van der Waals surface area contributed by atoms with Crippen molar-refractivity contribution in [1.29, 1.82) is 5.41 Å². The minimum Gasteiger partial charge on any atom is -0.468 e. The predicted octanol–water partition coefficient (Wildman–Crippen LogP) is 0.754. The lowest BCUT2D eigenvalue weighted by molar-refractivity contribution is 0.247. The zero-order valence-electron chi connectivity index (χ0n) is 6.52. The molecule has 0 unspecified atom stereocenters. The number of halogens is 1. The Bertz CT molecular complexity index is 167. The summed E-state index contributed by atoms with van der Waals surface area (Å²) in [6.07, 6.45) is 0. The SMILES string of the molecule is COC(=N)NC(=O)NSCCCl. The van der Waals surface area contributed by atoms with Crippen LogP contribution in [0.2, 0.25) is 0 Å². The van der Waals surface area contributed by atoms with Gasteiger partial charge in [0.25, 0.3) is 6.02 Å². The van der Waals surface area contributed by atoms with Gasteiger partial charge in [-0.15, -0.1) is 11.6 Å². The highest BCUT2D eigenvalue weighted by atomic mass is 35.5. The van der Waals surface area contributed by atoms with Crippen molar-refractivity contribution in [3.05, 3.63) is 0 Å². The minimum atomic E-state index is -0.489. The monoisotopic (exact) mass is 211 g/mol. The fourth-order valence-electron chi connectivity index (χ4n) is 0.335. The first kappa shape index (κ1) is 11.4. The second kappa shape index (κ2) is 7.05. The molecule has 0 heterocycles. The van der Waals surface area contributed by atoms with E-state index >= 15 is 0 Å². The summed E-state index contributed by atoms with van der Waals surface area (Å²) in [6.45, 7) is 0. The van der Waals surface area contributed by atoms with Crippen LogP contribution in [-0.2, 0) is 4.74 Å². The van der Waals surface area contributed by atoms with Crippen LogP contribution in [0.25, 0.3) is 0 Å². The first-order valence-electron chi connectivity index (χ1n) is 3.08. The number of carbonyl (C=O) groups is 1. The lowest BCUT2D eigenvalue weighted by atomic mass is 10.9. The lowest BCUT2D eigenvalue weighted by Crippen LogP contribution is -2.36. The fourth-order valence-corrected chi connectivity index (χ4v) is 0.928. The van der Waals surface area contributed by atoms with E-state index in [0.717, 1.165) is 0 Å². The van der Waals surface area contributed by atoms with E-state index in [1.165, 1.54) is 19.1 Å². The molecule has 0 rings (SSSR count). The Balaban J connectivity index is 3.40. The molecular formula is C5H10ClN3O2S. The van der Waals surface area contributed by atoms with Gasteiger partial charge < -0.3 is 4.74 Å². The van der Waals surface area contributed by atoms with E-state index in [4.69, 9.17) is 17.0 Å². The van der Waals surface area contributed by atoms with Crippen molar-refractivity contribution in [1.82, 2.24) is 10.0 Å². The molecule has 3 N–H and O–H groups in total. The predicted molar refractivity (Wildman–Crippen MR) is 49.6 cm³/mol. The highest BCUT2D eigenvalue weighted by molar-refractivity contribution is 7.98. The van der Waals surface area contributed by atoms with Gasteiger partial charge in [-0.1, -0.05) is 0 Å². The van der Waals surface area contributed by atoms with E-state index in [1.54, 1.807) is 0 Å². The number of ether oxygens (including phenoxy) is 1. The molecule has 2 amide bonds. The maximum atomic E-state index is 10.8. The Kier molecular flexibility index (Phi) is 6.69. The highest BCUT2D eigenvalue weighted by Crippen LogP contribution is 1.92. The molecular weight excluding hydrogens is 202 g/mol. The Morgan fingerprint density at radius 1 is 1.75 bits per heavy atom. The Hall–Kier alpha value is -0.620. The summed E-state index contributed by atoms with van der Waals surface area (Å²) >= 11 is 6.53. The van der Waals surface area contributed by atoms with Gasteiger partial charge in [-0.25, -0.2) is 4.79 Å². The molecule has 0 aromatic heterocycles. The molecule has 0 aromatic rings. The fraction of sp³-hybridized carbons (Fsp3) is 0.600. The number of hydrogen-bond donors (Lipinski definition) is 3. The van der Waals surface area contributed by atoms with Gasteiger partial charge >= 0.3 is 6.03 Å². The number of carbonyl (C=O) groups excluding carboxylic acids is 1.